The van der Waals surface area contributed by atoms with Crippen LogP contribution in [-0.4, -0.2) is 40.1 Å². The first-order chi connectivity index (χ1) is 12.9. The van der Waals surface area contributed by atoms with E-state index in [2.05, 4.69) is 25.4 Å². The lowest BCUT2D eigenvalue weighted by atomic mass is 10.2. The number of anilines is 1. The number of amides is 1. The summed E-state index contributed by atoms with van der Waals surface area (Å²) < 4.78 is 32.4. The fourth-order valence-electron chi connectivity index (χ4n) is 2.28. The minimum Gasteiger partial charge on any atom is -0.347 e. The minimum atomic E-state index is -0.817. The van der Waals surface area contributed by atoms with Crippen molar-refractivity contribution in [3.63, 3.8) is 0 Å². The van der Waals surface area contributed by atoms with Gasteiger partial charge in [-0.3, -0.25) is 4.79 Å². The molecule has 140 valence electrons. The van der Waals surface area contributed by atoms with Crippen LogP contribution >= 0.6 is 0 Å². The van der Waals surface area contributed by atoms with Gasteiger partial charge in [-0.25, -0.2) is 18.7 Å². The van der Waals surface area contributed by atoms with Crippen molar-refractivity contribution in [1.82, 2.24) is 25.4 Å². The zero-order valence-corrected chi connectivity index (χ0v) is 14.8. The number of nitrogens with one attached hydrogen (secondary N) is 1. The molecule has 1 amide bonds. The Morgan fingerprint density at radius 3 is 2.56 bits per heavy atom. The number of hydrogen-bond acceptors (Lipinski definition) is 7. The second-order valence-electron chi connectivity index (χ2n) is 5.86. The minimum absolute atomic E-state index is 0.0736. The number of halogens is 2. The molecular formula is C17H16F2N6O2. The molecule has 0 radical (unpaired) electrons. The molecule has 27 heavy (non-hydrogen) atoms. The maximum atomic E-state index is 13.8. The molecule has 1 aromatic carbocycles. The first-order valence-corrected chi connectivity index (χ1v) is 7.93. The normalized spacial score (nSPS) is 10.7. The van der Waals surface area contributed by atoms with Gasteiger partial charge in [0.05, 0.1) is 17.8 Å². The van der Waals surface area contributed by atoms with Gasteiger partial charge in [-0.1, -0.05) is 11.2 Å². The van der Waals surface area contributed by atoms with Gasteiger partial charge >= 0.3 is 0 Å². The molecule has 3 aromatic rings. The summed E-state index contributed by atoms with van der Waals surface area (Å²) >= 11 is 0. The lowest BCUT2D eigenvalue weighted by Crippen LogP contribution is -2.25. The molecule has 0 saturated heterocycles. The quantitative estimate of drug-likeness (QED) is 0.730. The average Bonchev–Trinajstić information content (AvgIpc) is 3.08. The molecule has 3 rings (SSSR count). The molecule has 2 aromatic heterocycles. The van der Waals surface area contributed by atoms with E-state index >= 15 is 0 Å². The Balaban J connectivity index is 1.71. The molecular weight excluding hydrogens is 358 g/mol. The van der Waals surface area contributed by atoms with E-state index in [1.54, 1.807) is 25.9 Å². The smallest absolute Gasteiger partial charge is 0.263 e. The first kappa shape index (κ1) is 18.4. The van der Waals surface area contributed by atoms with E-state index in [0.29, 0.717) is 17.2 Å². The summed E-state index contributed by atoms with van der Waals surface area (Å²) in [5.41, 5.74) is 0.393. The summed E-state index contributed by atoms with van der Waals surface area (Å²) in [6, 6.07) is 3.41. The predicted molar refractivity (Wildman–Crippen MR) is 91.9 cm³/mol. The number of nitrogens with zero attached hydrogens (tertiary/aromatic N) is 5. The van der Waals surface area contributed by atoms with Crippen LogP contribution in [0.2, 0.25) is 0 Å². The van der Waals surface area contributed by atoms with Crippen LogP contribution in [0.15, 0.2) is 28.9 Å². The zero-order valence-electron chi connectivity index (χ0n) is 14.8. The Morgan fingerprint density at radius 1 is 1.22 bits per heavy atom. The van der Waals surface area contributed by atoms with E-state index in [9.17, 15) is 13.6 Å². The van der Waals surface area contributed by atoms with Crippen LogP contribution in [0.3, 0.4) is 0 Å². The van der Waals surface area contributed by atoms with Gasteiger partial charge < -0.3 is 14.7 Å². The van der Waals surface area contributed by atoms with Crippen molar-refractivity contribution in [3.8, 4) is 11.5 Å². The fourth-order valence-corrected chi connectivity index (χ4v) is 2.28. The summed E-state index contributed by atoms with van der Waals surface area (Å²) in [6.45, 7) is 1.60. The third kappa shape index (κ3) is 3.89. The maximum absolute atomic E-state index is 13.8. The molecule has 0 atom stereocenters. The molecule has 0 aliphatic carbocycles. The van der Waals surface area contributed by atoms with E-state index in [0.717, 1.165) is 12.1 Å². The number of hydrogen-bond donors (Lipinski definition) is 1. The number of rotatable bonds is 5. The van der Waals surface area contributed by atoms with Gasteiger partial charge in [0, 0.05) is 20.3 Å². The largest absolute Gasteiger partial charge is 0.347 e. The molecule has 8 nitrogen and oxygen atoms in total. The SMILES string of the molecule is Cc1nc(N(C)C)ncc1C(=O)NCc1noc(-c2c(F)cccc2F)n1. The van der Waals surface area contributed by atoms with Gasteiger partial charge in [0.15, 0.2) is 5.82 Å². The summed E-state index contributed by atoms with van der Waals surface area (Å²) in [6.07, 6.45) is 1.42. The van der Waals surface area contributed by atoms with Crippen LogP contribution < -0.4 is 10.2 Å². The molecule has 0 aliphatic heterocycles. The molecule has 0 bridgehead atoms. The Morgan fingerprint density at radius 2 is 1.93 bits per heavy atom. The Labute approximate surface area is 153 Å². The van der Waals surface area contributed by atoms with E-state index < -0.39 is 23.1 Å². The number of carbonyl (C=O) groups is 1. The summed E-state index contributed by atoms with van der Waals surface area (Å²) in [4.78, 5) is 26.3. The Hall–Kier alpha value is -3.43. The number of benzene rings is 1. The molecule has 0 saturated carbocycles. The number of aryl methyl sites for hydroxylation is 1. The Kier molecular flexibility index (Phi) is 5.06. The predicted octanol–water partition coefficient (Wildman–Crippen LogP) is 2.11. The molecule has 0 fully saturated rings. The summed E-state index contributed by atoms with van der Waals surface area (Å²) in [5.74, 6) is -1.81. The highest BCUT2D eigenvalue weighted by atomic mass is 19.1. The average molecular weight is 374 g/mol. The lowest BCUT2D eigenvalue weighted by molar-refractivity contribution is 0.0948. The highest BCUT2D eigenvalue weighted by molar-refractivity contribution is 5.94. The van der Waals surface area contributed by atoms with Gasteiger partial charge in [0.1, 0.15) is 17.2 Å². The van der Waals surface area contributed by atoms with E-state index in [1.807, 2.05) is 0 Å². The van der Waals surface area contributed by atoms with Crippen molar-refractivity contribution in [2.45, 2.75) is 13.5 Å². The molecule has 1 N–H and O–H groups in total. The topological polar surface area (TPSA) is 97.0 Å². The number of aromatic nitrogens is 4. The van der Waals surface area contributed by atoms with Crippen LogP contribution in [0.5, 0.6) is 0 Å². The molecule has 0 unspecified atom stereocenters. The van der Waals surface area contributed by atoms with Crippen LogP contribution in [0, 0.1) is 18.6 Å². The van der Waals surface area contributed by atoms with Gasteiger partial charge in [-0.15, -0.1) is 0 Å². The van der Waals surface area contributed by atoms with Gasteiger partial charge in [-0.2, -0.15) is 4.98 Å². The zero-order chi connectivity index (χ0) is 19.6. The monoisotopic (exact) mass is 374 g/mol. The van der Waals surface area contributed by atoms with Crippen molar-refractivity contribution < 1.29 is 18.1 Å². The summed E-state index contributed by atoms with van der Waals surface area (Å²) in [5, 5.41) is 6.22. The molecule has 10 heteroatoms. The molecule has 2 heterocycles. The van der Waals surface area contributed by atoms with Crippen molar-refractivity contribution in [3.05, 3.63) is 53.1 Å². The highest BCUT2D eigenvalue weighted by Crippen LogP contribution is 2.24. The van der Waals surface area contributed by atoms with E-state index in [1.165, 1.54) is 12.3 Å². The van der Waals surface area contributed by atoms with Gasteiger partial charge in [0.25, 0.3) is 11.8 Å². The lowest BCUT2D eigenvalue weighted by Gasteiger charge is -2.12. The van der Waals surface area contributed by atoms with Crippen molar-refractivity contribution in [1.29, 1.82) is 0 Å². The molecule has 0 spiro atoms. The maximum Gasteiger partial charge on any atom is 0.263 e. The van der Waals surface area contributed by atoms with Gasteiger partial charge in [-0.05, 0) is 19.1 Å². The van der Waals surface area contributed by atoms with Crippen LogP contribution in [0.4, 0.5) is 14.7 Å². The standard InChI is InChI=1S/C17H16F2N6O2/c1-9-10(7-21-17(22-9)25(2)3)15(26)20-8-13-23-16(27-24-13)14-11(18)5-4-6-12(14)19/h4-7H,8H2,1-3H3,(H,20,26). The third-order valence-corrected chi connectivity index (χ3v) is 3.66. The second kappa shape index (κ2) is 7.44. The highest BCUT2D eigenvalue weighted by Gasteiger charge is 2.19. The summed E-state index contributed by atoms with van der Waals surface area (Å²) in [7, 11) is 3.58. The van der Waals surface area contributed by atoms with E-state index in [-0.39, 0.29) is 18.3 Å². The van der Waals surface area contributed by atoms with Crippen molar-refractivity contribution in [2.24, 2.45) is 0 Å². The van der Waals surface area contributed by atoms with Crippen molar-refractivity contribution in [2.75, 3.05) is 19.0 Å². The second-order valence-corrected chi connectivity index (χ2v) is 5.86. The van der Waals surface area contributed by atoms with Crippen LogP contribution in [-0.2, 0) is 6.54 Å². The van der Waals surface area contributed by atoms with Crippen LogP contribution in [0.1, 0.15) is 21.9 Å². The van der Waals surface area contributed by atoms with Gasteiger partial charge in [0.2, 0.25) is 5.95 Å². The fraction of sp³-hybridized carbons (Fsp3) is 0.235. The number of carbonyl (C=O) groups excluding carboxylic acids is 1. The third-order valence-electron chi connectivity index (χ3n) is 3.66. The molecule has 0 aliphatic rings. The van der Waals surface area contributed by atoms with Crippen molar-refractivity contribution >= 4 is 11.9 Å². The van der Waals surface area contributed by atoms with Crippen LogP contribution in [0.25, 0.3) is 11.5 Å². The first-order valence-electron chi connectivity index (χ1n) is 7.93. The van der Waals surface area contributed by atoms with E-state index in [4.69, 9.17) is 4.52 Å². The Bertz CT molecular complexity index is 969.